The molecule has 0 aliphatic rings. The van der Waals surface area contributed by atoms with Crippen LogP contribution in [0.25, 0.3) is 0 Å². The summed E-state index contributed by atoms with van der Waals surface area (Å²) in [4.78, 5) is 14.0. The molecule has 0 radical (unpaired) electrons. The van der Waals surface area contributed by atoms with Crippen LogP contribution in [0.2, 0.25) is 0 Å². The second kappa shape index (κ2) is 3.18. The van der Waals surface area contributed by atoms with Gasteiger partial charge >= 0.3 is 5.97 Å². The van der Waals surface area contributed by atoms with Gasteiger partial charge in [-0.15, -0.1) is 11.3 Å². The first kappa shape index (κ1) is 8.47. The van der Waals surface area contributed by atoms with Crippen molar-refractivity contribution in [3.05, 3.63) is 11.1 Å². The number of nitrogen functional groups attached to an aromatic ring is 1. The van der Waals surface area contributed by atoms with Crippen molar-refractivity contribution < 1.29 is 15.1 Å². The van der Waals surface area contributed by atoms with Crippen LogP contribution in [0, 0.1) is 0 Å². The molecule has 0 spiro atoms. The fourth-order valence-corrected chi connectivity index (χ4v) is 1.15. The van der Waals surface area contributed by atoms with E-state index in [9.17, 15) is 4.79 Å². The monoisotopic (exact) mass is 187 g/mol. The molecule has 0 unspecified atom stereocenters. The van der Waals surface area contributed by atoms with E-state index in [2.05, 4.69) is 10.1 Å². The van der Waals surface area contributed by atoms with E-state index in [0.717, 1.165) is 11.3 Å². The molecule has 1 aromatic heterocycles. The summed E-state index contributed by atoms with van der Waals surface area (Å²) in [5.74, 6) is -1.34. The molecule has 1 heterocycles. The molecule has 0 amide bonds. The lowest BCUT2D eigenvalue weighted by atomic mass is 10.3. The van der Waals surface area contributed by atoms with Crippen molar-refractivity contribution in [3.8, 4) is 0 Å². The molecule has 0 aliphatic carbocycles. The Morgan fingerprint density at radius 1 is 1.75 bits per heavy atom. The second-order valence-electron chi connectivity index (χ2n) is 1.82. The quantitative estimate of drug-likeness (QED) is 0.342. The summed E-state index contributed by atoms with van der Waals surface area (Å²) >= 11 is 1.08. The lowest BCUT2D eigenvalue weighted by Gasteiger charge is -1.90. The van der Waals surface area contributed by atoms with E-state index in [-0.39, 0.29) is 10.8 Å². The van der Waals surface area contributed by atoms with Gasteiger partial charge < -0.3 is 16.0 Å². The van der Waals surface area contributed by atoms with Gasteiger partial charge in [-0.05, 0) is 0 Å². The fourth-order valence-electron chi connectivity index (χ4n) is 0.600. The Morgan fingerprint density at radius 3 is 2.75 bits per heavy atom. The average Bonchev–Trinajstić information content (AvgIpc) is 2.37. The number of nitrogens with two attached hydrogens (primary N) is 1. The largest absolute Gasteiger partial charge is 0.476 e. The number of hydrogen-bond donors (Lipinski definition) is 3. The molecule has 0 fully saturated rings. The smallest absolute Gasteiger partial charge is 0.360 e. The molecule has 1 aromatic rings. The minimum absolute atomic E-state index is 0.0625. The third-order valence-corrected chi connectivity index (χ3v) is 1.74. The second-order valence-corrected chi connectivity index (χ2v) is 2.71. The summed E-state index contributed by atoms with van der Waals surface area (Å²) in [7, 11) is 0. The van der Waals surface area contributed by atoms with Crippen LogP contribution in [0.15, 0.2) is 10.5 Å². The molecule has 0 saturated heterocycles. The van der Waals surface area contributed by atoms with Gasteiger partial charge in [-0.3, -0.25) is 0 Å². The lowest BCUT2D eigenvalue weighted by molar-refractivity contribution is -0.129. The Kier molecular flexibility index (Phi) is 2.24. The standard InChI is InChI=1S/C5H5N3O3S/c6-5-7-2(1-12-5)3(8-11)4(9)10/h1,11H,(H2,6,7)(H,9,10)/b8-3+. The molecule has 0 saturated carbocycles. The number of anilines is 1. The van der Waals surface area contributed by atoms with Crippen molar-refractivity contribution in [2.24, 2.45) is 5.16 Å². The molecule has 6 nitrogen and oxygen atoms in total. The number of aliphatic carboxylic acids is 1. The Labute approximate surface area is 71.0 Å². The molecule has 7 heteroatoms. The van der Waals surface area contributed by atoms with Gasteiger partial charge in [0.25, 0.3) is 0 Å². The van der Waals surface area contributed by atoms with Gasteiger partial charge in [0.15, 0.2) is 5.13 Å². The summed E-state index contributed by atoms with van der Waals surface area (Å²) in [6, 6.07) is 0. The first-order valence-electron chi connectivity index (χ1n) is 2.82. The third kappa shape index (κ3) is 1.51. The number of carbonyl (C=O) groups is 1. The first-order chi connectivity index (χ1) is 5.65. The fraction of sp³-hybridized carbons (Fsp3) is 0. The maximum absolute atomic E-state index is 10.4. The van der Waals surface area contributed by atoms with Crippen molar-refractivity contribution >= 4 is 28.1 Å². The SMILES string of the molecule is Nc1nc(/C(=N\O)C(=O)O)cs1. The van der Waals surface area contributed by atoms with Crippen molar-refractivity contribution in [1.82, 2.24) is 4.98 Å². The summed E-state index contributed by atoms with van der Waals surface area (Å²) in [5.41, 5.74) is 4.80. The molecule has 0 aliphatic heterocycles. The van der Waals surface area contributed by atoms with Gasteiger partial charge in [0, 0.05) is 5.38 Å². The highest BCUT2D eigenvalue weighted by Gasteiger charge is 2.15. The molecular weight excluding hydrogens is 182 g/mol. The third-order valence-electron chi connectivity index (χ3n) is 1.07. The van der Waals surface area contributed by atoms with Gasteiger partial charge in [0.1, 0.15) is 5.69 Å². The number of nitrogens with zero attached hydrogens (tertiary/aromatic N) is 2. The van der Waals surface area contributed by atoms with Crippen LogP contribution in [-0.2, 0) is 4.79 Å². The molecule has 12 heavy (non-hydrogen) atoms. The number of aromatic nitrogens is 1. The van der Waals surface area contributed by atoms with Crippen LogP contribution < -0.4 is 5.73 Å². The highest BCUT2D eigenvalue weighted by Crippen LogP contribution is 2.11. The van der Waals surface area contributed by atoms with Gasteiger partial charge in [-0.1, -0.05) is 5.16 Å². The predicted molar refractivity (Wildman–Crippen MR) is 42.5 cm³/mol. The van der Waals surface area contributed by atoms with Crippen LogP contribution in [0.4, 0.5) is 5.13 Å². The zero-order valence-corrected chi connectivity index (χ0v) is 6.58. The average molecular weight is 187 g/mol. The van der Waals surface area contributed by atoms with E-state index in [1.54, 1.807) is 0 Å². The molecule has 64 valence electrons. The Balaban J connectivity index is 3.04. The van der Waals surface area contributed by atoms with Gasteiger partial charge in [0.05, 0.1) is 0 Å². The van der Waals surface area contributed by atoms with Gasteiger partial charge in [0.2, 0.25) is 5.71 Å². The molecule has 0 bridgehead atoms. The summed E-state index contributed by atoms with van der Waals surface area (Å²) < 4.78 is 0. The number of thiazole rings is 1. The van der Waals surface area contributed by atoms with E-state index in [4.69, 9.17) is 16.0 Å². The van der Waals surface area contributed by atoms with Crippen LogP contribution >= 0.6 is 11.3 Å². The Bertz CT molecular complexity index is 332. The van der Waals surface area contributed by atoms with E-state index >= 15 is 0 Å². The Morgan fingerprint density at radius 2 is 2.42 bits per heavy atom. The van der Waals surface area contributed by atoms with E-state index < -0.39 is 11.7 Å². The van der Waals surface area contributed by atoms with E-state index in [1.807, 2.05) is 0 Å². The zero-order chi connectivity index (χ0) is 9.14. The lowest BCUT2D eigenvalue weighted by Crippen LogP contribution is -2.14. The zero-order valence-electron chi connectivity index (χ0n) is 5.76. The van der Waals surface area contributed by atoms with Crippen LogP contribution in [0.3, 0.4) is 0 Å². The minimum atomic E-state index is -1.34. The molecule has 4 N–H and O–H groups in total. The van der Waals surface area contributed by atoms with E-state index in [0.29, 0.717) is 0 Å². The summed E-state index contributed by atoms with van der Waals surface area (Å²) in [6.07, 6.45) is 0. The van der Waals surface area contributed by atoms with Crippen LogP contribution in [0.1, 0.15) is 5.69 Å². The van der Waals surface area contributed by atoms with Crippen molar-refractivity contribution in [3.63, 3.8) is 0 Å². The van der Waals surface area contributed by atoms with E-state index in [1.165, 1.54) is 5.38 Å². The molecule has 1 rings (SSSR count). The van der Waals surface area contributed by atoms with Crippen molar-refractivity contribution in [2.75, 3.05) is 5.73 Å². The van der Waals surface area contributed by atoms with Crippen molar-refractivity contribution in [1.29, 1.82) is 0 Å². The summed E-state index contributed by atoms with van der Waals surface area (Å²) in [5, 5.41) is 21.0. The number of hydrogen-bond acceptors (Lipinski definition) is 6. The highest BCUT2D eigenvalue weighted by molar-refractivity contribution is 7.13. The maximum atomic E-state index is 10.4. The number of carboxylic acids is 1. The summed E-state index contributed by atoms with van der Waals surface area (Å²) in [6.45, 7) is 0. The van der Waals surface area contributed by atoms with Crippen LogP contribution in [-0.4, -0.2) is 27.0 Å². The minimum Gasteiger partial charge on any atom is -0.476 e. The highest BCUT2D eigenvalue weighted by atomic mass is 32.1. The molecule has 0 atom stereocenters. The number of carboxylic acid groups (broad SMARTS) is 1. The predicted octanol–water partition coefficient (Wildman–Crippen LogP) is -0.0118. The van der Waals surface area contributed by atoms with Gasteiger partial charge in [-0.2, -0.15) is 0 Å². The molecular formula is C5H5N3O3S. The van der Waals surface area contributed by atoms with Crippen LogP contribution in [0.5, 0.6) is 0 Å². The Hall–Kier alpha value is -1.63. The van der Waals surface area contributed by atoms with Crippen molar-refractivity contribution in [2.45, 2.75) is 0 Å². The normalized spacial score (nSPS) is 11.5. The number of oxime groups is 1. The van der Waals surface area contributed by atoms with Gasteiger partial charge in [-0.25, -0.2) is 9.78 Å². The number of rotatable bonds is 2. The maximum Gasteiger partial charge on any atom is 0.360 e. The first-order valence-corrected chi connectivity index (χ1v) is 3.70. The molecule has 0 aromatic carbocycles. The topological polar surface area (TPSA) is 109 Å².